The molecule has 0 spiro atoms. The smallest absolute Gasteiger partial charge is 0.131 e. The van der Waals surface area contributed by atoms with E-state index in [9.17, 15) is 13.9 Å². The van der Waals surface area contributed by atoms with Gasteiger partial charge in [0.15, 0.2) is 0 Å². The molecule has 0 aliphatic carbocycles. The normalized spacial score (nSPS) is 15.2. The van der Waals surface area contributed by atoms with E-state index in [1.165, 1.54) is 6.07 Å². The Balaban J connectivity index is 2.95. The lowest BCUT2D eigenvalue weighted by molar-refractivity contribution is 0.117. The maximum atomic E-state index is 13.2. The summed E-state index contributed by atoms with van der Waals surface area (Å²) in [7, 11) is 0. The Kier molecular flexibility index (Phi) is 3.55. The van der Waals surface area contributed by atoms with Crippen LogP contribution in [0.25, 0.3) is 0 Å². The summed E-state index contributed by atoms with van der Waals surface area (Å²) in [6.45, 7) is 1.95. The van der Waals surface area contributed by atoms with Crippen molar-refractivity contribution in [3.63, 3.8) is 0 Å². The number of nitrogens with two attached hydrogens (primary N) is 1. The lowest BCUT2D eigenvalue weighted by Crippen LogP contribution is -2.19. The van der Waals surface area contributed by atoms with Crippen molar-refractivity contribution < 1.29 is 13.9 Å². The van der Waals surface area contributed by atoms with Crippen LogP contribution in [0.5, 0.6) is 0 Å². The molecule has 78 valence electrons. The van der Waals surface area contributed by atoms with Crippen LogP contribution < -0.4 is 5.73 Å². The predicted octanol–water partition coefficient (Wildman–Crippen LogP) is 1.59. The number of aliphatic hydroxyl groups is 1. The zero-order valence-corrected chi connectivity index (χ0v) is 7.87. The van der Waals surface area contributed by atoms with Gasteiger partial charge < -0.3 is 10.8 Å². The van der Waals surface area contributed by atoms with Crippen LogP contribution in [-0.2, 0) is 0 Å². The van der Waals surface area contributed by atoms with Crippen LogP contribution in [0.3, 0.4) is 0 Å². The summed E-state index contributed by atoms with van der Waals surface area (Å²) in [6, 6.07) is 3.11. The summed E-state index contributed by atoms with van der Waals surface area (Å²) in [5, 5.41) is 9.62. The van der Waals surface area contributed by atoms with Crippen molar-refractivity contribution in [2.75, 3.05) is 6.54 Å². The molecule has 2 atom stereocenters. The molecule has 0 fully saturated rings. The molecule has 0 aliphatic heterocycles. The van der Waals surface area contributed by atoms with Gasteiger partial charge in [0.1, 0.15) is 11.6 Å². The Hall–Kier alpha value is -1.00. The molecule has 0 bridgehead atoms. The van der Waals surface area contributed by atoms with Crippen LogP contribution in [0.1, 0.15) is 18.6 Å². The van der Waals surface area contributed by atoms with Gasteiger partial charge in [-0.25, -0.2) is 8.78 Å². The lowest BCUT2D eigenvalue weighted by Gasteiger charge is -2.17. The number of hydrogen-bond donors (Lipinski definition) is 2. The molecule has 1 aromatic rings. The van der Waals surface area contributed by atoms with Crippen LogP contribution >= 0.6 is 0 Å². The van der Waals surface area contributed by atoms with Crippen molar-refractivity contribution in [3.8, 4) is 0 Å². The van der Waals surface area contributed by atoms with Gasteiger partial charge in [0.25, 0.3) is 0 Å². The van der Waals surface area contributed by atoms with Gasteiger partial charge >= 0.3 is 0 Å². The topological polar surface area (TPSA) is 46.2 Å². The zero-order valence-electron chi connectivity index (χ0n) is 7.87. The second kappa shape index (κ2) is 4.48. The highest BCUT2D eigenvalue weighted by Crippen LogP contribution is 2.23. The van der Waals surface area contributed by atoms with Gasteiger partial charge in [-0.15, -0.1) is 0 Å². The second-order valence-corrected chi connectivity index (χ2v) is 3.32. The summed E-state index contributed by atoms with van der Waals surface area (Å²) >= 11 is 0. The van der Waals surface area contributed by atoms with E-state index in [0.29, 0.717) is 0 Å². The van der Waals surface area contributed by atoms with Gasteiger partial charge in [0, 0.05) is 11.6 Å². The van der Waals surface area contributed by atoms with E-state index >= 15 is 0 Å². The van der Waals surface area contributed by atoms with E-state index in [1.54, 1.807) is 6.92 Å². The molecule has 3 N–H and O–H groups in total. The third-order valence-electron chi connectivity index (χ3n) is 2.19. The molecular formula is C10H13F2NO. The molecule has 0 saturated carbocycles. The largest absolute Gasteiger partial charge is 0.388 e. The Morgan fingerprint density at radius 2 is 2.07 bits per heavy atom. The molecular weight excluding hydrogens is 188 g/mol. The van der Waals surface area contributed by atoms with Crippen LogP contribution in [0.15, 0.2) is 18.2 Å². The molecule has 2 nitrogen and oxygen atoms in total. The molecule has 1 rings (SSSR count). The average molecular weight is 201 g/mol. The van der Waals surface area contributed by atoms with Crippen LogP contribution in [-0.4, -0.2) is 11.7 Å². The summed E-state index contributed by atoms with van der Waals surface area (Å²) in [6.07, 6.45) is -0.986. The minimum atomic E-state index is -0.986. The predicted molar refractivity (Wildman–Crippen MR) is 49.5 cm³/mol. The van der Waals surface area contributed by atoms with Crippen molar-refractivity contribution in [1.82, 2.24) is 0 Å². The van der Waals surface area contributed by atoms with Crippen molar-refractivity contribution in [2.24, 2.45) is 11.7 Å². The number of hydrogen-bond acceptors (Lipinski definition) is 2. The highest BCUT2D eigenvalue weighted by Gasteiger charge is 2.18. The highest BCUT2D eigenvalue weighted by atomic mass is 19.1. The Morgan fingerprint density at radius 1 is 1.43 bits per heavy atom. The lowest BCUT2D eigenvalue weighted by atomic mass is 9.97. The van der Waals surface area contributed by atoms with E-state index in [1.807, 2.05) is 0 Å². The quantitative estimate of drug-likeness (QED) is 0.780. The molecule has 4 heteroatoms. The molecule has 0 heterocycles. The third kappa shape index (κ3) is 2.27. The average Bonchev–Trinajstić information content (AvgIpc) is 2.15. The van der Waals surface area contributed by atoms with Gasteiger partial charge in [0.05, 0.1) is 6.10 Å². The molecule has 0 amide bonds. The van der Waals surface area contributed by atoms with Gasteiger partial charge in [-0.2, -0.15) is 0 Å². The van der Waals surface area contributed by atoms with Gasteiger partial charge in [0.2, 0.25) is 0 Å². The molecule has 0 aromatic heterocycles. The van der Waals surface area contributed by atoms with E-state index in [-0.39, 0.29) is 18.0 Å². The Bertz CT molecular complexity index is 317. The van der Waals surface area contributed by atoms with E-state index in [0.717, 1.165) is 12.1 Å². The number of halogens is 2. The monoisotopic (exact) mass is 201 g/mol. The first-order chi connectivity index (χ1) is 6.56. The van der Waals surface area contributed by atoms with Crippen molar-refractivity contribution in [2.45, 2.75) is 13.0 Å². The number of rotatable bonds is 3. The van der Waals surface area contributed by atoms with Gasteiger partial charge in [-0.1, -0.05) is 13.0 Å². The minimum Gasteiger partial charge on any atom is -0.388 e. The SMILES string of the molecule is CC(CN)C(O)c1ccc(F)cc1F. The summed E-state index contributed by atoms with van der Waals surface area (Å²) < 4.78 is 25.7. The second-order valence-electron chi connectivity index (χ2n) is 3.32. The Morgan fingerprint density at radius 3 is 2.57 bits per heavy atom. The maximum absolute atomic E-state index is 13.2. The first kappa shape index (κ1) is 11.1. The molecule has 0 radical (unpaired) electrons. The molecule has 0 saturated heterocycles. The molecule has 1 aromatic carbocycles. The molecule has 2 unspecified atom stereocenters. The van der Waals surface area contributed by atoms with Crippen LogP contribution in [0.2, 0.25) is 0 Å². The first-order valence-electron chi connectivity index (χ1n) is 4.39. The zero-order chi connectivity index (χ0) is 10.7. The fourth-order valence-corrected chi connectivity index (χ4v) is 1.18. The molecule has 14 heavy (non-hydrogen) atoms. The van der Waals surface area contributed by atoms with E-state index in [2.05, 4.69) is 0 Å². The fourth-order valence-electron chi connectivity index (χ4n) is 1.18. The van der Waals surface area contributed by atoms with E-state index < -0.39 is 17.7 Å². The van der Waals surface area contributed by atoms with Crippen molar-refractivity contribution >= 4 is 0 Å². The highest BCUT2D eigenvalue weighted by molar-refractivity contribution is 5.21. The fraction of sp³-hybridized carbons (Fsp3) is 0.400. The Labute approximate surface area is 81.4 Å². The van der Waals surface area contributed by atoms with Crippen LogP contribution in [0.4, 0.5) is 8.78 Å². The first-order valence-corrected chi connectivity index (χ1v) is 4.39. The summed E-state index contributed by atoms with van der Waals surface area (Å²) in [4.78, 5) is 0. The minimum absolute atomic E-state index is 0.0874. The van der Waals surface area contributed by atoms with E-state index in [4.69, 9.17) is 5.73 Å². The van der Waals surface area contributed by atoms with Crippen LogP contribution in [0, 0.1) is 17.6 Å². The standard InChI is InChI=1S/C10H13F2NO/c1-6(5-13)10(14)8-3-2-7(11)4-9(8)12/h2-4,6,10,14H,5,13H2,1H3. The third-order valence-corrected chi connectivity index (χ3v) is 2.19. The van der Waals surface area contributed by atoms with Gasteiger partial charge in [-0.05, 0) is 18.5 Å². The van der Waals surface area contributed by atoms with Crippen molar-refractivity contribution in [1.29, 1.82) is 0 Å². The summed E-state index contributed by atoms with van der Waals surface area (Å²) in [5.74, 6) is -1.65. The summed E-state index contributed by atoms with van der Waals surface area (Å²) in [5.41, 5.74) is 5.42. The maximum Gasteiger partial charge on any atom is 0.131 e. The van der Waals surface area contributed by atoms with Gasteiger partial charge in [-0.3, -0.25) is 0 Å². The van der Waals surface area contributed by atoms with Crippen molar-refractivity contribution in [3.05, 3.63) is 35.4 Å². The molecule has 0 aliphatic rings. The number of benzene rings is 1. The number of aliphatic hydroxyl groups excluding tert-OH is 1.